The van der Waals surface area contributed by atoms with Gasteiger partial charge in [0.2, 0.25) is 0 Å². The third kappa shape index (κ3) is 2.69. The molecule has 102 valence electrons. The van der Waals surface area contributed by atoms with Crippen molar-refractivity contribution in [2.24, 2.45) is 0 Å². The number of oxazole rings is 1. The molecule has 0 unspecified atom stereocenters. The maximum atomic E-state index is 11.9. The molecule has 1 heterocycles. The van der Waals surface area contributed by atoms with Crippen LogP contribution in [0.2, 0.25) is 5.02 Å². The average molecular weight is 282 g/mol. The van der Waals surface area contributed by atoms with Gasteiger partial charge in [0, 0.05) is 11.1 Å². The Morgan fingerprint density at radius 3 is 2.89 bits per heavy atom. The third-order valence-electron chi connectivity index (χ3n) is 3.90. The number of aromatic nitrogens is 1. The Balaban J connectivity index is 1.80. The van der Waals surface area contributed by atoms with Crippen molar-refractivity contribution in [3.05, 3.63) is 33.8 Å². The molecule has 0 spiro atoms. The van der Waals surface area contributed by atoms with Crippen LogP contribution in [0, 0.1) is 0 Å². The smallest absolute Gasteiger partial charge is 0.408 e. The largest absolute Gasteiger partial charge is 0.424 e. The van der Waals surface area contributed by atoms with Gasteiger partial charge in [-0.3, -0.25) is 0 Å². The van der Waals surface area contributed by atoms with Crippen LogP contribution in [0.3, 0.4) is 0 Å². The zero-order valence-electron chi connectivity index (χ0n) is 10.8. The standard InChI is InChI=1S/C14H17ClN2O2/c15-10-6-7-12-13(8-10)19-14(18)17(12)9-16-11-4-2-1-3-5-11/h6-8,11,16H,1-5,9H2/p+1. The Morgan fingerprint density at radius 2 is 2.11 bits per heavy atom. The van der Waals surface area contributed by atoms with Crippen molar-refractivity contribution in [2.75, 3.05) is 0 Å². The Kier molecular flexibility index (Phi) is 3.62. The van der Waals surface area contributed by atoms with Crippen LogP contribution in [0.1, 0.15) is 32.1 Å². The van der Waals surface area contributed by atoms with E-state index in [0.29, 0.717) is 23.3 Å². The SMILES string of the molecule is O=c1oc2cc(Cl)ccc2n1C[NH2+]C1CCCCC1. The van der Waals surface area contributed by atoms with Gasteiger partial charge in [-0.05, 0) is 37.8 Å². The lowest BCUT2D eigenvalue weighted by Crippen LogP contribution is -2.90. The van der Waals surface area contributed by atoms with Gasteiger partial charge < -0.3 is 9.73 Å². The highest BCUT2D eigenvalue weighted by atomic mass is 35.5. The fourth-order valence-electron chi connectivity index (χ4n) is 2.84. The normalized spacial score (nSPS) is 17.1. The van der Waals surface area contributed by atoms with Crippen molar-refractivity contribution in [1.29, 1.82) is 0 Å². The van der Waals surface area contributed by atoms with E-state index < -0.39 is 0 Å². The molecule has 1 aromatic carbocycles. The summed E-state index contributed by atoms with van der Waals surface area (Å²) in [5.74, 6) is -0.302. The van der Waals surface area contributed by atoms with Crippen molar-refractivity contribution < 1.29 is 9.73 Å². The van der Waals surface area contributed by atoms with E-state index in [-0.39, 0.29) is 5.76 Å². The van der Waals surface area contributed by atoms with Gasteiger partial charge in [-0.2, -0.15) is 0 Å². The van der Waals surface area contributed by atoms with Crippen LogP contribution >= 0.6 is 11.6 Å². The predicted molar refractivity (Wildman–Crippen MR) is 74.3 cm³/mol. The molecule has 2 aromatic rings. The number of halogens is 1. The van der Waals surface area contributed by atoms with Crippen LogP contribution in [0.15, 0.2) is 27.4 Å². The lowest BCUT2D eigenvalue weighted by molar-refractivity contribution is -0.718. The van der Waals surface area contributed by atoms with Crippen LogP contribution in [-0.4, -0.2) is 10.6 Å². The summed E-state index contributed by atoms with van der Waals surface area (Å²) in [6, 6.07) is 5.96. The van der Waals surface area contributed by atoms with E-state index >= 15 is 0 Å². The number of hydrogen-bond acceptors (Lipinski definition) is 2. The molecule has 1 aromatic heterocycles. The summed E-state index contributed by atoms with van der Waals surface area (Å²) in [6.45, 7) is 0.623. The van der Waals surface area contributed by atoms with Crippen molar-refractivity contribution in [2.45, 2.75) is 44.8 Å². The molecule has 0 bridgehead atoms. The van der Waals surface area contributed by atoms with Gasteiger partial charge in [-0.25, -0.2) is 9.36 Å². The number of fused-ring (bicyclic) bond motifs is 1. The zero-order valence-corrected chi connectivity index (χ0v) is 11.5. The van der Waals surface area contributed by atoms with E-state index in [0.717, 1.165) is 5.52 Å². The van der Waals surface area contributed by atoms with Crippen molar-refractivity contribution in [3.63, 3.8) is 0 Å². The summed E-state index contributed by atoms with van der Waals surface area (Å²) in [5, 5.41) is 2.84. The Labute approximate surface area is 116 Å². The minimum atomic E-state index is -0.302. The minimum absolute atomic E-state index is 0.302. The molecule has 19 heavy (non-hydrogen) atoms. The molecule has 5 heteroatoms. The summed E-state index contributed by atoms with van der Waals surface area (Å²) < 4.78 is 6.90. The van der Waals surface area contributed by atoms with Gasteiger partial charge in [0.25, 0.3) is 0 Å². The molecule has 0 atom stereocenters. The van der Waals surface area contributed by atoms with Gasteiger partial charge >= 0.3 is 5.76 Å². The molecule has 0 amide bonds. The van der Waals surface area contributed by atoms with Gasteiger partial charge in [0.15, 0.2) is 12.3 Å². The van der Waals surface area contributed by atoms with Crippen LogP contribution in [0.4, 0.5) is 0 Å². The molecular weight excluding hydrogens is 264 g/mol. The van der Waals surface area contributed by atoms with Gasteiger partial charge in [-0.1, -0.05) is 18.0 Å². The molecule has 2 N–H and O–H groups in total. The van der Waals surface area contributed by atoms with Gasteiger partial charge in [0.05, 0.1) is 11.6 Å². The first-order valence-electron chi connectivity index (χ1n) is 6.86. The van der Waals surface area contributed by atoms with E-state index in [4.69, 9.17) is 16.0 Å². The number of nitrogens with two attached hydrogens (primary N) is 1. The second-order valence-electron chi connectivity index (χ2n) is 5.22. The number of nitrogens with zero attached hydrogens (tertiary/aromatic N) is 1. The van der Waals surface area contributed by atoms with Gasteiger partial charge in [-0.15, -0.1) is 0 Å². The first kappa shape index (κ1) is 12.8. The summed E-state index contributed by atoms with van der Waals surface area (Å²) >= 11 is 5.90. The van der Waals surface area contributed by atoms with Crippen molar-refractivity contribution in [1.82, 2.24) is 4.57 Å². The molecule has 1 aliphatic carbocycles. The Morgan fingerprint density at radius 1 is 1.32 bits per heavy atom. The van der Waals surface area contributed by atoms with E-state index in [2.05, 4.69) is 5.32 Å². The molecule has 0 radical (unpaired) electrons. The average Bonchev–Trinajstić information content (AvgIpc) is 2.72. The van der Waals surface area contributed by atoms with E-state index in [1.807, 2.05) is 6.07 Å². The lowest BCUT2D eigenvalue weighted by Gasteiger charge is -2.19. The summed E-state index contributed by atoms with van der Waals surface area (Å²) in [5.41, 5.74) is 1.39. The zero-order chi connectivity index (χ0) is 13.2. The first-order valence-corrected chi connectivity index (χ1v) is 7.24. The quantitative estimate of drug-likeness (QED) is 0.937. The van der Waals surface area contributed by atoms with Crippen molar-refractivity contribution >= 4 is 22.7 Å². The molecule has 1 saturated carbocycles. The highest BCUT2D eigenvalue weighted by molar-refractivity contribution is 6.31. The van der Waals surface area contributed by atoms with E-state index in [1.54, 1.807) is 16.7 Å². The molecule has 1 aliphatic rings. The van der Waals surface area contributed by atoms with Crippen LogP contribution in [0.25, 0.3) is 11.1 Å². The molecule has 0 saturated heterocycles. The van der Waals surface area contributed by atoms with Crippen molar-refractivity contribution in [3.8, 4) is 0 Å². The molecule has 1 fully saturated rings. The third-order valence-corrected chi connectivity index (χ3v) is 4.14. The predicted octanol–water partition coefficient (Wildman–Crippen LogP) is 2.10. The molecule has 4 nitrogen and oxygen atoms in total. The Bertz CT molecular complexity index is 626. The minimum Gasteiger partial charge on any atom is -0.408 e. The number of hydrogen-bond donors (Lipinski definition) is 1. The monoisotopic (exact) mass is 281 g/mol. The number of quaternary nitrogens is 1. The summed E-state index contributed by atoms with van der Waals surface area (Å²) in [7, 11) is 0. The van der Waals surface area contributed by atoms with Gasteiger partial charge in [0.1, 0.15) is 0 Å². The second kappa shape index (κ2) is 5.39. The first-order chi connectivity index (χ1) is 9.24. The second-order valence-corrected chi connectivity index (χ2v) is 5.66. The van der Waals surface area contributed by atoms with Crippen LogP contribution in [-0.2, 0) is 6.67 Å². The lowest BCUT2D eigenvalue weighted by atomic mass is 9.96. The molecule has 0 aliphatic heterocycles. The van der Waals surface area contributed by atoms with E-state index in [9.17, 15) is 4.79 Å². The van der Waals surface area contributed by atoms with E-state index in [1.165, 1.54) is 32.1 Å². The van der Waals surface area contributed by atoms with Crippen LogP contribution < -0.4 is 11.1 Å². The highest BCUT2D eigenvalue weighted by Gasteiger charge is 2.17. The highest BCUT2D eigenvalue weighted by Crippen LogP contribution is 2.18. The maximum absolute atomic E-state index is 11.9. The number of rotatable bonds is 3. The Hall–Kier alpha value is -1.26. The molecular formula is C14H18ClN2O2+. The maximum Gasteiger partial charge on any atom is 0.424 e. The molecule has 3 rings (SSSR count). The summed E-state index contributed by atoms with van der Waals surface area (Å²) in [4.78, 5) is 11.9. The topological polar surface area (TPSA) is 51.8 Å². The van der Waals surface area contributed by atoms with Crippen LogP contribution in [0.5, 0.6) is 0 Å². The number of benzene rings is 1. The fraction of sp³-hybridized carbons (Fsp3) is 0.500. The summed E-state index contributed by atoms with van der Waals surface area (Å²) in [6.07, 6.45) is 6.44. The fourth-order valence-corrected chi connectivity index (χ4v) is 3.00.